The molecule has 18 heavy (non-hydrogen) atoms. The minimum atomic E-state index is 0.0864. The highest BCUT2D eigenvalue weighted by Crippen LogP contribution is 2.03. The highest BCUT2D eigenvalue weighted by Gasteiger charge is 2.21. The third-order valence-corrected chi connectivity index (χ3v) is 3.08. The Morgan fingerprint density at radius 1 is 1.11 bits per heavy atom. The molecule has 1 rings (SSSR count). The summed E-state index contributed by atoms with van der Waals surface area (Å²) in [4.78, 5) is 26.6. The van der Waals surface area contributed by atoms with Crippen LogP contribution in [0.4, 0.5) is 0 Å². The molecule has 0 saturated carbocycles. The van der Waals surface area contributed by atoms with Crippen LogP contribution in [-0.2, 0) is 14.3 Å². The molecule has 0 aromatic carbocycles. The number of nitrogens with zero attached hydrogens (tertiary/aromatic N) is 2. The number of rotatable bonds is 6. The fourth-order valence-electron chi connectivity index (χ4n) is 1.92. The maximum absolute atomic E-state index is 11.9. The largest absolute Gasteiger partial charge is 0.383 e. The lowest BCUT2D eigenvalue weighted by molar-refractivity contribution is -0.138. The number of nitrogens with one attached hydrogen (secondary N) is 1. The van der Waals surface area contributed by atoms with Crippen LogP contribution >= 0.6 is 0 Å². The Labute approximate surface area is 108 Å². The molecule has 0 bridgehead atoms. The molecule has 0 radical (unpaired) electrons. The van der Waals surface area contributed by atoms with E-state index in [9.17, 15) is 9.59 Å². The Morgan fingerprint density at radius 3 is 2.28 bits per heavy atom. The predicted molar refractivity (Wildman–Crippen MR) is 68.2 cm³/mol. The minimum Gasteiger partial charge on any atom is -0.383 e. The average molecular weight is 257 g/mol. The van der Waals surface area contributed by atoms with Gasteiger partial charge in [-0.1, -0.05) is 0 Å². The summed E-state index contributed by atoms with van der Waals surface area (Å²) in [5, 5.41) is 3.15. The molecule has 1 heterocycles. The van der Waals surface area contributed by atoms with Crippen molar-refractivity contribution in [1.29, 1.82) is 0 Å². The molecule has 0 aromatic rings. The van der Waals surface area contributed by atoms with Crippen LogP contribution in [0.25, 0.3) is 0 Å². The molecule has 1 fully saturated rings. The first-order valence-corrected chi connectivity index (χ1v) is 6.38. The van der Waals surface area contributed by atoms with E-state index in [-0.39, 0.29) is 11.8 Å². The normalized spacial score (nSPS) is 15.9. The van der Waals surface area contributed by atoms with Crippen LogP contribution in [-0.4, -0.2) is 74.6 Å². The van der Waals surface area contributed by atoms with Gasteiger partial charge in [0, 0.05) is 59.7 Å². The molecule has 1 saturated heterocycles. The summed E-state index contributed by atoms with van der Waals surface area (Å²) in [5.74, 6) is 0.242. The van der Waals surface area contributed by atoms with Crippen LogP contribution in [0.1, 0.15) is 13.3 Å². The first kappa shape index (κ1) is 14.9. The smallest absolute Gasteiger partial charge is 0.223 e. The highest BCUT2D eigenvalue weighted by molar-refractivity contribution is 5.77. The quantitative estimate of drug-likeness (QED) is 0.639. The monoisotopic (exact) mass is 257 g/mol. The summed E-state index contributed by atoms with van der Waals surface area (Å²) in [7, 11) is 1.65. The number of amides is 2. The molecule has 2 amide bonds. The van der Waals surface area contributed by atoms with Crippen molar-refractivity contribution in [2.45, 2.75) is 13.3 Å². The lowest BCUT2D eigenvalue weighted by Gasteiger charge is -2.34. The molecule has 1 aliphatic rings. The lowest BCUT2D eigenvalue weighted by atomic mass is 10.2. The minimum absolute atomic E-state index is 0.0864. The fourth-order valence-corrected chi connectivity index (χ4v) is 1.92. The zero-order valence-electron chi connectivity index (χ0n) is 11.3. The molecule has 104 valence electrons. The summed E-state index contributed by atoms with van der Waals surface area (Å²) in [6.07, 6.45) is 0.504. The van der Waals surface area contributed by atoms with Gasteiger partial charge in [-0.3, -0.25) is 9.59 Å². The summed E-state index contributed by atoms with van der Waals surface area (Å²) in [6, 6.07) is 0. The van der Waals surface area contributed by atoms with Crippen molar-refractivity contribution in [1.82, 2.24) is 15.1 Å². The van der Waals surface area contributed by atoms with Crippen LogP contribution < -0.4 is 5.32 Å². The second kappa shape index (κ2) is 8.05. The van der Waals surface area contributed by atoms with Gasteiger partial charge in [0.2, 0.25) is 11.8 Å². The third kappa shape index (κ3) is 5.01. The number of methoxy groups -OCH3 is 1. The molecule has 0 aliphatic carbocycles. The Hall–Kier alpha value is -1.14. The van der Waals surface area contributed by atoms with E-state index in [1.54, 1.807) is 18.9 Å². The SMILES string of the molecule is COCCNCCC(=O)N1CCN(C(C)=O)CC1. The van der Waals surface area contributed by atoms with Gasteiger partial charge in [0.05, 0.1) is 6.61 Å². The summed E-state index contributed by atoms with van der Waals surface area (Å²) in [6.45, 7) is 6.27. The number of carbonyl (C=O) groups excluding carboxylic acids is 2. The van der Waals surface area contributed by atoms with Crippen molar-refractivity contribution in [3.63, 3.8) is 0 Å². The summed E-state index contributed by atoms with van der Waals surface area (Å²) in [5.41, 5.74) is 0. The Balaban J connectivity index is 2.14. The molecule has 1 N–H and O–H groups in total. The summed E-state index contributed by atoms with van der Waals surface area (Å²) < 4.78 is 4.90. The molecule has 6 heteroatoms. The maximum Gasteiger partial charge on any atom is 0.223 e. The Bertz CT molecular complexity index is 276. The summed E-state index contributed by atoms with van der Waals surface area (Å²) >= 11 is 0. The van der Waals surface area contributed by atoms with Crippen molar-refractivity contribution in [3.05, 3.63) is 0 Å². The standard InChI is InChI=1S/C12H23N3O3/c1-11(16)14-6-8-15(9-7-14)12(17)3-4-13-5-10-18-2/h13H,3-10H2,1-2H3. The number of hydrogen-bond acceptors (Lipinski definition) is 4. The molecule has 0 spiro atoms. The Kier molecular flexibility index (Phi) is 6.67. The van der Waals surface area contributed by atoms with Gasteiger partial charge in [0.15, 0.2) is 0 Å². The third-order valence-electron chi connectivity index (χ3n) is 3.08. The molecule has 0 unspecified atom stereocenters. The van der Waals surface area contributed by atoms with E-state index in [4.69, 9.17) is 4.74 Å². The first-order valence-electron chi connectivity index (χ1n) is 6.38. The van der Waals surface area contributed by atoms with E-state index in [0.29, 0.717) is 45.8 Å². The highest BCUT2D eigenvalue weighted by atomic mass is 16.5. The van der Waals surface area contributed by atoms with Gasteiger partial charge >= 0.3 is 0 Å². The second-order valence-electron chi connectivity index (χ2n) is 4.38. The van der Waals surface area contributed by atoms with Gasteiger partial charge in [0.25, 0.3) is 0 Å². The first-order chi connectivity index (χ1) is 8.65. The average Bonchev–Trinajstić information content (AvgIpc) is 2.38. The second-order valence-corrected chi connectivity index (χ2v) is 4.38. The van der Waals surface area contributed by atoms with E-state index < -0.39 is 0 Å². The molecule has 0 aromatic heterocycles. The topological polar surface area (TPSA) is 61.9 Å². The van der Waals surface area contributed by atoms with E-state index >= 15 is 0 Å². The van der Waals surface area contributed by atoms with Crippen LogP contribution in [0.5, 0.6) is 0 Å². The van der Waals surface area contributed by atoms with E-state index in [0.717, 1.165) is 6.54 Å². The number of ether oxygens (including phenoxy) is 1. The zero-order chi connectivity index (χ0) is 13.4. The van der Waals surface area contributed by atoms with Crippen molar-refractivity contribution in [2.75, 3.05) is 53.0 Å². The maximum atomic E-state index is 11.9. The lowest BCUT2D eigenvalue weighted by Crippen LogP contribution is -2.50. The van der Waals surface area contributed by atoms with Crippen LogP contribution in [0, 0.1) is 0 Å². The van der Waals surface area contributed by atoms with E-state index in [1.807, 2.05) is 4.90 Å². The van der Waals surface area contributed by atoms with Gasteiger partial charge in [-0.25, -0.2) is 0 Å². The van der Waals surface area contributed by atoms with Crippen LogP contribution in [0.3, 0.4) is 0 Å². The fraction of sp³-hybridized carbons (Fsp3) is 0.833. The van der Waals surface area contributed by atoms with E-state index in [1.165, 1.54) is 0 Å². The molecule has 0 atom stereocenters. The number of carbonyl (C=O) groups is 2. The van der Waals surface area contributed by atoms with Crippen molar-refractivity contribution < 1.29 is 14.3 Å². The van der Waals surface area contributed by atoms with Crippen molar-refractivity contribution >= 4 is 11.8 Å². The van der Waals surface area contributed by atoms with Gasteiger partial charge in [-0.15, -0.1) is 0 Å². The van der Waals surface area contributed by atoms with Crippen LogP contribution in [0.15, 0.2) is 0 Å². The van der Waals surface area contributed by atoms with E-state index in [2.05, 4.69) is 5.32 Å². The molecular weight excluding hydrogens is 234 g/mol. The molecule has 6 nitrogen and oxygen atoms in total. The van der Waals surface area contributed by atoms with Crippen LogP contribution in [0.2, 0.25) is 0 Å². The Morgan fingerprint density at radius 2 is 1.72 bits per heavy atom. The number of hydrogen-bond donors (Lipinski definition) is 1. The predicted octanol–water partition coefficient (Wildman–Crippen LogP) is -0.697. The van der Waals surface area contributed by atoms with Crippen molar-refractivity contribution in [3.8, 4) is 0 Å². The van der Waals surface area contributed by atoms with Gasteiger partial charge in [-0.2, -0.15) is 0 Å². The van der Waals surface area contributed by atoms with Gasteiger partial charge < -0.3 is 19.9 Å². The number of piperazine rings is 1. The molecular formula is C12H23N3O3. The molecule has 1 aliphatic heterocycles. The van der Waals surface area contributed by atoms with Gasteiger partial charge in [-0.05, 0) is 0 Å². The van der Waals surface area contributed by atoms with Crippen molar-refractivity contribution in [2.24, 2.45) is 0 Å². The van der Waals surface area contributed by atoms with Gasteiger partial charge in [0.1, 0.15) is 0 Å². The zero-order valence-corrected chi connectivity index (χ0v) is 11.3.